The molecule has 1 unspecified atom stereocenters. The first-order valence-corrected chi connectivity index (χ1v) is 12.1. The first-order chi connectivity index (χ1) is 15.2. The van der Waals surface area contributed by atoms with E-state index in [2.05, 4.69) is 35.4 Å². The lowest BCUT2D eigenvalue weighted by Gasteiger charge is -2.34. The van der Waals surface area contributed by atoms with Crippen LogP contribution >= 0.6 is 0 Å². The van der Waals surface area contributed by atoms with Crippen molar-refractivity contribution in [1.29, 1.82) is 0 Å². The zero-order chi connectivity index (χ0) is 21.9. The summed E-state index contributed by atoms with van der Waals surface area (Å²) in [5.74, 6) is 2.85. The third-order valence-electron chi connectivity index (χ3n) is 6.60. The first kappa shape index (κ1) is 24.1. The summed E-state index contributed by atoms with van der Waals surface area (Å²) in [7, 11) is 0. The molecule has 3 rings (SSSR count). The highest BCUT2D eigenvalue weighted by Crippen LogP contribution is 2.41. The van der Waals surface area contributed by atoms with Gasteiger partial charge in [-0.1, -0.05) is 12.8 Å². The second-order valence-electron chi connectivity index (χ2n) is 8.84. The zero-order valence-electron chi connectivity index (χ0n) is 19.8. The van der Waals surface area contributed by atoms with E-state index >= 15 is 0 Å². The Balaban J connectivity index is 1.65. The van der Waals surface area contributed by atoms with Gasteiger partial charge in [0.25, 0.3) is 0 Å². The average Bonchev–Trinajstić information content (AvgIpc) is 3.43. The summed E-state index contributed by atoms with van der Waals surface area (Å²) in [6.45, 7) is 13.7. The number of hydrogen-bond acceptors (Lipinski definition) is 5. The number of guanidine groups is 1. The molecule has 1 saturated heterocycles. The standard InChI is InChI=1S/C24H42N4O3/c1-4-25-23(27-19-24(10-6-7-11-24)12-15-29-5-2)26-18-21(22-9-8-20(3)31-22)28-13-16-30-17-14-28/h8-9,21H,4-7,10-19H2,1-3H3,(H2,25,26,27). The van der Waals surface area contributed by atoms with E-state index in [0.29, 0.717) is 5.41 Å². The van der Waals surface area contributed by atoms with Gasteiger partial charge in [-0.15, -0.1) is 0 Å². The molecule has 1 aliphatic carbocycles. The normalized spacial score (nSPS) is 20.7. The second kappa shape index (κ2) is 12.5. The Morgan fingerprint density at radius 2 is 1.97 bits per heavy atom. The Morgan fingerprint density at radius 1 is 1.19 bits per heavy atom. The van der Waals surface area contributed by atoms with Crippen molar-refractivity contribution in [2.45, 2.75) is 58.9 Å². The fourth-order valence-corrected chi connectivity index (χ4v) is 4.76. The number of hydrogen-bond donors (Lipinski definition) is 2. The first-order valence-electron chi connectivity index (χ1n) is 12.1. The van der Waals surface area contributed by atoms with Gasteiger partial charge in [-0.05, 0) is 57.6 Å². The predicted molar refractivity (Wildman–Crippen MR) is 125 cm³/mol. The van der Waals surface area contributed by atoms with Gasteiger partial charge in [-0.2, -0.15) is 0 Å². The van der Waals surface area contributed by atoms with Gasteiger partial charge in [0.1, 0.15) is 11.5 Å². The van der Waals surface area contributed by atoms with Crippen molar-refractivity contribution in [3.05, 3.63) is 23.7 Å². The van der Waals surface area contributed by atoms with Crippen molar-refractivity contribution in [3.63, 3.8) is 0 Å². The highest BCUT2D eigenvalue weighted by Gasteiger charge is 2.33. The fourth-order valence-electron chi connectivity index (χ4n) is 4.76. The van der Waals surface area contributed by atoms with Gasteiger partial charge in [0, 0.05) is 45.9 Å². The molecule has 31 heavy (non-hydrogen) atoms. The molecule has 176 valence electrons. The summed E-state index contributed by atoms with van der Waals surface area (Å²) in [5.41, 5.74) is 0.291. The summed E-state index contributed by atoms with van der Waals surface area (Å²) in [6, 6.07) is 4.31. The van der Waals surface area contributed by atoms with Crippen LogP contribution in [0.15, 0.2) is 21.5 Å². The van der Waals surface area contributed by atoms with Crippen LogP contribution in [0.25, 0.3) is 0 Å². The molecule has 0 radical (unpaired) electrons. The van der Waals surface area contributed by atoms with Crippen LogP contribution in [0.1, 0.15) is 63.5 Å². The van der Waals surface area contributed by atoms with E-state index in [0.717, 1.165) is 83.1 Å². The Hall–Kier alpha value is -1.57. The third kappa shape index (κ3) is 7.22. The van der Waals surface area contributed by atoms with Gasteiger partial charge < -0.3 is 24.5 Å². The molecular weight excluding hydrogens is 392 g/mol. The minimum absolute atomic E-state index is 0.167. The van der Waals surface area contributed by atoms with Crippen LogP contribution in [0.2, 0.25) is 0 Å². The molecule has 2 heterocycles. The highest BCUT2D eigenvalue weighted by atomic mass is 16.5. The van der Waals surface area contributed by atoms with Gasteiger partial charge >= 0.3 is 0 Å². The van der Waals surface area contributed by atoms with Crippen molar-refractivity contribution in [2.24, 2.45) is 10.4 Å². The van der Waals surface area contributed by atoms with Crippen molar-refractivity contribution >= 4 is 5.96 Å². The number of rotatable bonds is 11. The van der Waals surface area contributed by atoms with Gasteiger partial charge in [0.15, 0.2) is 5.96 Å². The lowest BCUT2D eigenvalue weighted by molar-refractivity contribution is 0.0124. The highest BCUT2D eigenvalue weighted by molar-refractivity contribution is 5.79. The molecule has 7 nitrogen and oxygen atoms in total. The van der Waals surface area contributed by atoms with Crippen LogP contribution in [0.3, 0.4) is 0 Å². The zero-order valence-corrected chi connectivity index (χ0v) is 19.8. The van der Waals surface area contributed by atoms with Crippen LogP contribution in [0.5, 0.6) is 0 Å². The number of aliphatic imine (C=N–C) groups is 1. The molecule has 7 heteroatoms. The Labute approximate surface area is 187 Å². The van der Waals surface area contributed by atoms with E-state index in [-0.39, 0.29) is 6.04 Å². The number of furan rings is 1. The van der Waals surface area contributed by atoms with Gasteiger partial charge in [0.2, 0.25) is 0 Å². The molecule has 0 aromatic carbocycles. The minimum atomic E-state index is 0.167. The van der Waals surface area contributed by atoms with Crippen LogP contribution < -0.4 is 10.6 Å². The quantitative estimate of drug-likeness (QED) is 0.316. The van der Waals surface area contributed by atoms with E-state index in [9.17, 15) is 0 Å². The molecule has 1 aromatic rings. The molecule has 0 amide bonds. The molecule has 1 saturated carbocycles. The lowest BCUT2D eigenvalue weighted by Crippen LogP contribution is -2.46. The van der Waals surface area contributed by atoms with Gasteiger partial charge in [-0.25, -0.2) is 0 Å². The molecular formula is C24H42N4O3. The predicted octanol–water partition coefficient (Wildman–Crippen LogP) is 3.50. The van der Waals surface area contributed by atoms with Crippen molar-refractivity contribution in [3.8, 4) is 0 Å². The van der Waals surface area contributed by atoms with Gasteiger partial charge in [-0.3, -0.25) is 9.89 Å². The molecule has 1 aromatic heterocycles. The van der Waals surface area contributed by atoms with E-state index in [4.69, 9.17) is 18.9 Å². The van der Waals surface area contributed by atoms with Crippen LogP contribution in [-0.2, 0) is 9.47 Å². The van der Waals surface area contributed by atoms with Crippen molar-refractivity contribution in [2.75, 3.05) is 59.2 Å². The molecule has 0 spiro atoms. The van der Waals surface area contributed by atoms with Crippen LogP contribution in [-0.4, -0.2) is 70.0 Å². The summed E-state index contributed by atoms with van der Waals surface area (Å²) >= 11 is 0. The number of nitrogens with one attached hydrogen (secondary N) is 2. The molecule has 0 bridgehead atoms. The Kier molecular flexibility index (Phi) is 9.68. The largest absolute Gasteiger partial charge is 0.465 e. The molecule has 2 aliphatic rings. The van der Waals surface area contributed by atoms with E-state index < -0.39 is 0 Å². The monoisotopic (exact) mass is 434 g/mol. The summed E-state index contributed by atoms with van der Waals surface area (Å²) in [5, 5.41) is 7.04. The number of morpholine rings is 1. The molecule has 1 atom stereocenters. The third-order valence-corrected chi connectivity index (χ3v) is 6.60. The van der Waals surface area contributed by atoms with Crippen molar-refractivity contribution in [1.82, 2.24) is 15.5 Å². The molecule has 2 fully saturated rings. The fraction of sp³-hybridized carbons (Fsp3) is 0.792. The molecule has 1 aliphatic heterocycles. The minimum Gasteiger partial charge on any atom is -0.465 e. The summed E-state index contributed by atoms with van der Waals surface area (Å²) in [6.07, 6.45) is 6.23. The number of ether oxygens (including phenoxy) is 2. The van der Waals surface area contributed by atoms with E-state index in [1.807, 2.05) is 13.0 Å². The Morgan fingerprint density at radius 3 is 2.61 bits per heavy atom. The molecule has 2 N–H and O–H groups in total. The number of nitrogens with zero attached hydrogens (tertiary/aromatic N) is 2. The van der Waals surface area contributed by atoms with E-state index in [1.165, 1.54) is 25.7 Å². The van der Waals surface area contributed by atoms with Crippen LogP contribution in [0.4, 0.5) is 0 Å². The lowest BCUT2D eigenvalue weighted by atomic mass is 9.83. The summed E-state index contributed by atoms with van der Waals surface area (Å²) < 4.78 is 17.2. The second-order valence-corrected chi connectivity index (χ2v) is 8.84. The average molecular weight is 435 g/mol. The number of aryl methyl sites for hydroxylation is 1. The maximum atomic E-state index is 6.01. The Bertz CT molecular complexity index is 664. The topological polar surface area (TPSA) is 71.3 Å². The van der Waals surface area contributed by atoms with Crippen LogP contribution in [0, 0.1) is 12.3 Å². The smallest absolute Gasteiger partial charge is 0.191 e. The van der Waals surface area contributed by atoms with E-state index in [1.54, 1.807) is 0 Å². The maximum Gasteiger partial charge on any atom is 0.191 e. The SMILES string of the molecule is CCNC(=NCC1(CCOCC)CCCC1)NCC(c1ccc(C)o1)N1CCOCC1. The maximum absolute atomic E-state index is 6.01. The van der Waals surface area contributed by atoms with Crippen molar-refractivity contribution < 1.29 is 13.9 Å². The van der Waals surface area contributed by atoms with Gasteiger partial charge in [0.05, 0.1) is 19.3 Å². The summed E-state index contributed by atoms with van der Waals surface area (Å²) in [4.78, 5) is 7.47.